The first-order valence-electron chi connectivity index (χ1n) is 10.6. The lowest BCUT2D eigenvalue weighted by Crippen LogP contribution is -2.34. The third-order valence-corrected chi connectivity index (χ3v) is 5.66. The second-order valence-corrected chi connectivity index (χ2v) is 7.94. The average molecular weight is 485 g/mol. The predicted molar refractivity (Wildman–Crippen MR) is 127 cm³/mol. The second-order valence-electron chi connectivity index (χ2n) is 7.94. The van der Waals surface area contributed by atoms with E-state index in [0.29, 0.717) is 22.3 Å². The molecule has 0 spiro atoms. The third kappa shape index (κ3) is 4.70. The predicted octanol–water partition coefficient (Wildman–Crippen LogP) is 3.69. The number of aromatic nitrogens is 3. The first-order chi connectivity index (χ1) is 16.6. The van der Waals surface area contributed by atoms with Crippen molar-refractivity contribution in [2.75, 3.05) is 11.9 Å². The summed E-state index contributed by atoms with van der Waals surface area (Å²) in [6, 6.07) is 12.8. The second kappa shape index (κ2) is 9.16. The van der Waals surface area contributed by atoms with Gasteiger partial charge in [-0.05, 0) is 37.1 Å². The number of hydrogen-bond donors (Lipinski definition) is 4. The van der Waals surface area contributed by atoms with Crippen molar-refractivity contribution < 1.29 is 18.3 Å². The lowest BCUT2D eigenvalue weighted by Gasteiger charge is -2.13. The van der Waals surface area contributed by atoms with Crippen molar-refractivity contribution >= 4 is 22.4 Å². The molecule has 0 atom stereocenters. The molecule has 0 saturated heterocycles. The number of hydrogen-bond acceptors (Lipinski definition) is 4. The Morgan fingerprint density at radius 3 is 2.49 bits per heavy atom. The highest BCUT2D eigenvalue weighted by Gasteiger charge is 2.33. The average Bonchev–Trinajstić information content (AvgIpc) is 3.12. The van der Waals surface area contributed by atoms with E-state index in [4.69, 9.17) is 0 Å². The Morgan fingerprint density at radius 1 is 1.09 bits per heavy atom. The first-order valence-corrected chi connectivity index (χ1v) is 10.6. The molecule has 0 fully saturated rings. The van der Waals surface area contributed by atoms with Crippen LogP contribution in [0.15, 0.2) is 63.1 Å². The monoisotopic (exact) mass is 485 g/mol. The molecule has 0 saturated carbocycles. The number of benzene rings is 2. The van der Waals surface area contributed by atoms with Crippen LogP contribution in [-0.2, 0) is 19.6 Å². The van der Waals surface area contributed by atoms with Crippen LogP contribution >= 0.6 is 0 Å². The Labute approximate surface area is 196 Å². The minimum Gasteiger partial charge on any atom is -0.494 e. The summed E-state index contributed by atoms with van der Waals surface area (Å²) >= 11 is 0. The molecule has 8 nitrogen and oxygen atoms in total. The molecule has 4 N–H and O–H groups in total. The van der Waals surface area contributed by atoms with Crippen LogP contribution in [0.1, 0.15) is 22.4 Å². The van der Waals surface area contributed by atoms with Crippen LogP contribution in [0.3, 0.4) is 0 Å². The highest BCUT2D eigenvalue weighted by atomic mass is 19.4. The SMILES string of the molecule is Cc1[nH]c2c(C(F)(F)F)cccc2c1CCN=C(Nc1ccccc1)c1c(O)n(C)c(=O)[nH]c1=O. The molecule has 35 heavy (non-hydrogen) atoms. The van der Waals surface area contributed by atoms with Gasteiger partial charge in [0.15, 0.2) is 0 Å². The Bertz CT molecular complexity index is 1530. The number of alkyl halides is 3. The number of H-pyrrole nitrogens is 2. The normalized spacial score (nSPS) is 12.3. The molecule has 0 aliphatic carbocycles. The van der Waals surface area contributed by atoms with Gasteiger partial charge in [-0.15, -0.1) is 0 Å². The van der Waals surface area contributed by atoms with E-state index in [9.17, 15) is 27.9 Å². The smallest absolute Gasteiger partial charge is 0.418 e. The fourth-order valence-electron chi connectivity index (χ4n) is 3.90. The number of nitrogens with zero attached hydrogens (tertiary/aromatic N) is 2. The minimum absolute atomic E-state index is 0.00580. The number of para-hydroxylation sites is 2. The van der Waals surface area contributed by atoms with Gasteiger partial charge in [0, 0.05) is 30.4 Å². The standard InChI is InChI=1S/C24H22F3N5O3/c1-13-15(16-9-6-10-17(19(16)29-13)24(25,26)27)11-12-28-20(30-14-7-4-3-5-8-14)18-21(33)31-23(35)32(2)22(18)34/h3-10,29,34H,11-12H2,1-2H3,(H,28,30)(H,31,33,35). The van der Waals surface area contributed by atoms with Crippen molar-refractivity contribution in [3.05, 3.63) is 91.8 Å². The highest BCUT2D eigenvalue weighted by Crippen LogP contribution is 2.36. The summed E-state index contributed by atoms with van der Waals surface area (Å²) < 4.78 is 41.1. The molecule has 0 amide bonds. The molecular formula is C24H22F3N5O3. The van der Waals surface area contributed by atoms with E-state index < -0.39 is 28.9 Å². The molecule has 0 radical (unpaired) electrons. The highest BCUT2D eigenvalue weighted by molar-refractivity contribution is 6.09. The van der Waals surface area contributed by atoms with Gasteiger partial charge in [0.2, 0.25) is 5.88 Å². The molecule has 0 aliphatic rings. The Morgan fingerprint density at radius 2 is 1.80 bits per heavy atom. The minimum atomic E-state index is -4.50. The Kier molecular flexibility index (Phi) is 6.25. The molecule has 182 valence electrons. The summed E-state index contributed by atoms with van der Waals surface area (Å²) in [4.78, 5) is 33.8. The Balaban J connectivity index is 1.73. The van der Waals surface area contributed by atoms with E-state index in [-0.39, 0.29) is 29.9 Å². The van der Waals surface area contributed by atoms with Crippen LogP contribution in [0, 0.1) is 6.92 Å². The molecule has 0 aliphatic heterocycles. The van der Waals surface area contributed by atoms with Gasteiger partial charge in [0.1, 0.15) is 11.4 Å². The number of nitrogens with one attached hydrogen (secondary N) is 3. The van der Waals surface area contributed by atoms with Crippen molar-refractivity contribution in [1.29, 1.82) is 0 Å². The summed E-state index contributed by atoms with van der Waals surface area (Å²) in [5.74, 6) is -0.557. The van der Waals surface area contributed by atoms with Crippen molar-refractivity contribution in [2.45, 2.75) is 19.5 Å². The summed E-state index contributed by atoms with van der Waals surface area (Å²) in [7, 11) is 1.30. The zero-order valence-electron chi connectivity index (χ0n) is 18.8. The number of amidine groups is 1. The largest absolute Gasteiger partial charge is 0.494 e. The van der Waals surface area contributed by atoms with Gasteiger partial charge in [-0.1, -0.05) is 30.3 Å². The van der Waals surface area contributed by atoms with E-state index >= 15 is 0 Å². The number of anilines is 1. The van der Waals surface area contributed by atoms with Gasteiger partial charge in [0.25, 0.3) is 5.56 Å². The number of aromatic amines is 2. The summed E-state index contributed by atoms with van der Waals surface area (Å²) in [6.07, 6.45) is -4.24. The number of fused-ring (bicyclic) bond motifs is 1. The van der Waals surface area contributed by atoms with Gasteiger partial charge in [-0.3, -0.25) is 19.3 Å². The molecule has 0 unspecified atom stereocenters. The van der Waals surface area contributed by atoms with Gasteiger partial charge in [0.05, 0.1) is 11.1 Å². The summed E-state index contributed by atoms with van der Waals surface area (Å²) in [6.45, 7) is 1.77. The number of aliphatic imine (C=N–C) groups is 1. The van der Waals surface area contributed by atoms with Crippen molar-refractivity contribution in [1.82, 2.24) is 14.5 Å². The van der Waals surface area contributed by atoms with E-state index in [1.165, 1.54) is 13.1 Å². The molecule has 2 heterocycles. The number of halogens is 3. The van der Waals surface area contributed by atoms with Crippen LogP contribution in [0.4, 0.5) is 18.9 Å². The summed E-state index contributed by atoms with van der Waals surface area (Å²) in [5.41, 5.74) is -0.772. The van der Waals surface area contributed by atoms with E-state index in [2.05, 4.69) is 20.3 Å². The van der Waals surface area contributed by atoms with Crippen LogP contribution in [0.5, 0.6) is 5.88 Å². The van der Waals surface area contributed by atoms with Crippen molar-refractivity contribution in [3.63, 3.8) is 0 Å². The molecule has 4 rings (SSSR count). The fraction of sp³-hybridized carbons (Fsp3) is 0.208. The number of rotatable bonds is 5. The Hall–Kier alpha value is -4.28. The molecule has 4 aromatic rings. The topological polar surface area (TPSA) is 115 Å². The van der Waals surface area contributed by atoms with Crippen LogP contribution in [0.2, 0.25) is 0 Å². The van der Waals surface area contributed by atoms with Crippen LogP contribution < -0.4 is 16.6 Å². The van der Waals surface area contributed by atoms with E-state index in [1.807, 2.05) is 0 Å². The zero-order valence-corrected chi connectivity index (χ0v) is 18.8. The lowest BCUT2D eigenvalue weighted by molar-refractivity contribution is -0.136. The molecular weight excluding hydrogens is 463 g/mol. The maximum atomic E-state index is 13.4. The lowest BCUT2D eigenvalue weighted by atomic mass is 10.1. The molecule has 11 heteroatoms. The summed E-state index contributed by atoms with van der Waals surface area (Å²) in [5, 5.41) is 13.9. The van der Waals surface area contributed by atoms with Crippen molar-refractivity contribution in [2.24, 2.45) is 12.0 Å². The van der Waals surface area contributed by atoms with Crippen LogP contribution in [-0.4, -0.2) is 32.0 Å². The quantitative estimate of drug-likeness (QED) is 0.255. The van der Waals surface area contributed by atoms with E-state index in [1.54, 1.807) is 43.3 Å². The maximum absolute atomic E-state index is 13.4. The first kappa shape index (κ1) is 23.9. The fourth-order valence-corrected chi connectivity index (χ4v) is 3.90. The van der Waals surface area contributed by atoms with E-state index in [0.717, 1.165) is 10.6 Å². The van der Waals surface area contributed by atoms with Crippen LogP contribution in [0.25, 0.3) is 10.9 Å². The third-order valence-electron chi connectivity index (χ3n) is 5.66. The van der Waals surface area contributed by atoms with Crippen molar-refractivity contribution in [3.8, 4) is 5.88 Å². The van der Waals surface area contributed by atoms with Gasteiger partial charge in [-0.25, -0.2) is 4.79 Å². The number of aryl methyl sites for hydroxylation is 1. The van der Waals surface area contributed by atoms with Gasteiger partial charge in [-0.2, -0.15) is 13.2 Å². The molecule has 2 aromatic heterocycles. The zero-order chi connectivity index (χ0) is 25.3. The van der Waals surface area contributed by atoms with Gasteiger partial charge < -0.3 is 15.4 Å². The van der Waals surface area contributed by atoms with Gasteiger partial charge >= 0.3 is 11.9 Å². The maximum Gasteiger partial charge on any atom is 0.418 e. The number of aromatic hydroxyl groups is 1. The molecule has 2 aromatic carbocycles. The molecule has 0 bridgehead atoms.